The standard InChI is InChI=1S/C34H54N2O10/c1-13-15-42-33(8)17-18(3)25(37)20(5)28-34(9,46-32(41)36(28)12)24(14-2)44-30(40)22(7)26(38)21(6)29(33)45-31-27(39)23(35(10)11)16-19(4)43-31/h13-14,18-24,27-29,31,39H,1-2,15-17H2,3-12H3/t18-,19-,20+,21+,22-,23+,24-,27-,28-,29-,31+,33+,34-/m1/s1. The number of aliphatic hydroxyl groups excluding tert-OH is 1. The van der Waals surface area contributed by atoms with Gasteiger partial charge in [0.2, 0.25) is 0 Å². The molecule has 0 aromatic rings. The van der Waals surface area contributed by atoms with Gasteiger partial charge in [0.15, 0.2) is 23.8 Å². The maximum Gasteiger partial charge on any atom is 0.410 e. The van der Waals surface area contributed by atoms with Crippen molar-refractivity contribution in [1.82, 2.24) is 9.80 Å². The van der Waals surface area contributed by atoms with E-state index >= 15 is 0 Å². The Labute approximate surface area is 273 Å². The van der Waals surface area contributed by atoms with Gasteiger partial charge in [-0.05, 0) is 60.7 Å². The van der Waals surface area contributed by atoms with Crippen molar-refractivity contribution in [2.45, 2.75) is 115 Å². The van der Waals surface area contributed by atoms with Crippen LogP contribution in [0.5, 0.6) is 0 Å². The first-order valence-electron chi connectivity index (χ1n) is 16.1. The number of hydrogen-bond acceptors (Lipinski definition) is 11. The van der Waals surface area contributed by atoms with E-state index in [0.717, 1.165) is 0 Å². The lowest BCUT2D eigenvalue weighted by molar-refractivity contribution is -0.296. The minimum Gasteiger partial charge on any atom is -0.453 e. The van der Waals surface area contributed by atoms with Crippen LogP contribution in [-0.2, 0) is 38.1 Å². The molecule has 0 aliphatic carbocycles. The first kappa shape index (κ1) is 37.8. The maximum atomic E-state index is 14.2. The van der Waals surface area contributed by atoms with Gasteiger partial charge >= 0.3 is 12.1 Å². The number of amides is 1. The quantitative estimate of drug-likeness (QED) is 0.247. The van der Waals surface area contributed by atoms with Crippen molar-refractivity contribution >= 4 is 23.6 Å². The van der Waals surface area contributed by atoms with Crippen LogP contribution < -0.4 is 0 Å². The number of likely N-dealkylation sites (N-methyl/N-ethyl adjacent to an activating group) is 2. The van der Waals surface area contributed by atoms with Crippen LogP contribution in [0.25, 0.3) is 0 Å². The van der Waals surface area contributed by atoms with Gasteiger partial charge in [-0.3, -0.25) is 14.4 Å². The molecule has 1 amide bonds. The van der Waals surface area contributed by atoms with Gasteiger partial charge in [-0.2, -0.15) is 0 Å². The molecule has 0 radical (unpaired) electrons. The molecule has 3 saturated heterocycles. The van der Waals surface area contributed by atoms with E-state index in [1.165, 1.54) is 24.9 Å². The fraction of sp³-hybridized carbons (Fsp3) is 0.765. The molecule has 12 nitrogen and oxygen atoms in total. The van der Waals surface area contributed by atoms with Crippen LogP contribution in [0, 0.1) is 23.7 Å². The second-order valence-electron chi connectivity index (χ2n) is 14.0. The number of hydrogen-bond donors (Lipinski definition) is 1. The lowest BCUT2D eigenvalue weighted by Gasteiger charge is -2.47. The molecule has 46 heavy (non-hydrogen) atoms. The third kappa shape index (κ3) is 7.26. The summed E-state index contributed by atoms with van der Waals surface area (Å²) in [6, 6.07) is -1.10. The fourth-order valence-electron chi connectivity index (χ4n) is 7.57. The van der Waals surface area contributed by atoms with Crippen LogP contribution in [0.4, 0.5) is 4.79 Å². The molecule has 0 aromatic heterocycles. The second-order valence-corrected chi connectivity index (χ2v) is 14.0. The summed E-state index contributed by atoms with van der Waals surface area (Å²) in [7, 11) is 5.25. The van der Waals surface area contributed by atoms with Crippen molar-refractivity contribution in [3.63, 3.8) is 0 Å². The second kappa shape index (κ2) is 14.6. The monoisotopic (exact) mass is 650 g/mol. The Morgan fingerprint density at radius 3 is 2.24 bits per heavy atom. The maximum absolute atomic E-state index is 14.2. The lowest BCUT2D eigenvalue weighted by atomic mass is 9.73. The molecule has 1 N–H and O–H groups in total. The summed E-state index contributed by atoms with van der Waals surface area (Å²) in [4.78, 5) is 58.0. The summed E-state index contributed by atoms with van der Waals surface area (Å²) >= 11 is 0. The number of ether oxygens (including phenoxy) is 5. The number of rotatable bonds is 7. The van der Waals surface area contributed by atoms with Gasteiger partial charge in [0.1, 0.15) is 17.8 Å². The Balaban J connectivity index is 2.17. The third-order valence-electron chi connectivity index (χ3n) is 10.1. The van der Waals surface area contributed by atoms with Gasteiger partial charge in [-0.15, -0.1) is 6.58 Å². The first-order valence-corrected chi connectivity index (χ1v) is 16.1. The van der Waals surface area contributed by atoms with E-state index in [1.54, 1.807) is 40.7 Å². The SMILES string of the molecule is C=CCO[C@@]1(C)C[C@@H](C)C(=O)[C@H](C)[C@H]2N(C)C(=O)O[C@]2(C)[C@@H](C=C)OC(=O)[C@H](C)C(=O)[C@H](C)[C@H]1O[C@@H]1O[C@H](C)C[C@H](N(C)C)[C@H]1O. The molecule has 0 spiro atoms. The van der Waals surface area contributed by atoms with Crippen LogP contribution in [0.15, 0.2) is 25.3 Å². The van der Waals surface area contributed by atoms with E-state index in [4.69, 9.17) is 23.7 Å². The number of cyclic esters (lactones) is 1. The molecular formula is C34H54N2O10. The van der Waals surface area contributed by atoms with E-state index in [0.29, 0.717) is 6.42 Å². The number of esters is 1. The van der Waals surface area contributed by atoms with E-state index in [9.17, 15) is 24.3 Å². The molecule has 0 saturated carbocycles. The summed E-state index contributed by atoms with van der Waals surface area (Å²) in [6.07, 6.45) is -1.78. The minimum absolute atomic E-state index is 0.0723. The molecular weight excluding hydrogens is 596 g/mol. The van der Waals surface area contributed by atoms with Crippen LogP contribution in [0.1, 0.15) is 61.3 Å². The van der Waals surface area contributed by atoms with Gasteiger partial charge in [0.25, 0.3) is 0 Å². The highest BCUT2D eigenvalue weighted by Crippen LogP contribution is 2.42. The summed E-state index contributed by atoms with van der Waals surface area (Å²) in [5.41, 5.74) is -2.76. The zero-order valence-corrected chi connectivity index (χ0v) is 29.1. The predicted octanol–water partition coefficient (Wildman–Crippen LogP) is 3.15. The van der Waals surface area contributed by atoms with Crippen molar-refractivity contribution in [2.24, 2.45) is 23.7 Å². The Kier molecular flexibility index (Phi) is 12.0. The Morgan fingerprint density at radius 2 is 1.67 bits per heavy atom. The molecule has 3 aliphatic heterocycles. The van der Waals surface area contributed by atoms with Crippen LogP contribution in [-0.4, -0.2) is 120 Å². The zero-order valence-electron chi connectivity index (χ0n) is 29.1. The smallest absolute Gasteiger partial charge is 0.410 e. The van der Waals surface area contributed by atoms with Gasteiger partial charge in [-0.25, -0.2) is 4.79 Å². The van der Waals surface area contributed by atoms with Crippen molar-refractivity contribution in [1.29, 1.82) is 0 Å². The molecule has 3 aliphatic rings. The van der Waals surface area contributed by atoms with Crippen LogP contribution in [0.2, 0.25) is 0 Å². The van der Waals surface area contributed by atoms with Crippen LogP contribution in [0.3, 0.4) is 0 Å². The Hall–Kier alpha value is -2.64. The molecule has 0 aromatic carbocycles. The van der Waals surface area contributed by atoms with E-state index in [-0.39, 0.29) is 31.0 Å². The number of carbonyl (C=O) groups is 4. The van der Waals surface area contributed by atoms with E-state index in [2.05, 4.69) is 13.2 Å². The molecule has 0 unspecified atom stereocenters. The van der Waals surface area contributed by atoms with Gasteiger partial charge < -0.3 is 38.6 Å². The molecule has 13 atom stereocenters. The molecule has 260 valence electrons. The number of ketones is 2. The summed E-state index contributed by atoms with van der Waals surface area (Å²) < 4.78 is 30.6. The zero-order chi connectivity index (χ0) is 34.9. The Morgan fingerprint density at radius 1 is 1.04 bits per heavy atom. The van der Waals surface area contributed by atoms with Crippen molar-refractivity contribution in [2.75, 3.05) is 27.7 Å². The topological polar surface area (TPSA) is 141 Å². The van der Waals surface area contributed by atoms with Crippen molar-refractivity contribution < 1.29 is 48.0 Å². The number of nitrogens with zero attached hydrogens (tertiary/aromatic N) is 2. The van der Waals surface area contributed by atoms with E-state index in [1.807, 2.05) is 25.9 Å². The van der Waals surface area contributed by atoms with Crippen molar-refractivity contribution in [3.05, 3.63) is 25.3 Å². The normalized spacial score (nSPS) is 43.0. The average molecular weight is 651 g/mol. The molecule has 0 bridgehead atoms. The van der Waals surface area contributed by atoms with Gasteiger partial charge in [0.05, 0.1) is 30.5 Å². The summed E-state index contributed by atoms with van der Waals surface area (Å²) in [5, 5.41) is 11.3. The highest BCUT2D eigenvalue weighted by atomic mass is 16.7. The van der Waals surface area contributed by atoms with E-state index < -0.39 is 83.4 Å². The fourth-order valence-corrected chi connectivity index (χ4v) is 7.57. The third-order valence-corrected chi connectivity index (χ3v) is 10.1. The minimum atomic E-state index is -1.46. The predicted molar refractivity (Wildman–Crippen MR) is 170 cm³/mol. The first-order chi connectivity index (χ1) is 21.3. The number of carbonyl (C=O) groups excluding carboxylic acids is 4. The number of Topliss-reactive ketones (excluding diaryl/α,β-unsaturated/α-hetero) is 2. The lowest BCUT2D eigenvalue weighted by Crippen LogP contribution is -2.60. The summed E-state index contributed by atoms with van der Waals surface area (Å²) in [5.74, 6) is -5.18. The Bertz CT molecular complexity index is 1180. The summed E-state index contributed by atoms with van der Waals surface area (Å²) in [6.45, 7) is 19.5. The molecule has 12 heteroatoms. The number of aliphatic hydroxyl groups is 1. The molecule has 3 rings (SSSR count). The number of fused-ring (bicyclic) bond motifs is 1. The highest BCUT2D eigenvalue weighted by Gasteiger charge is 2.59. The highest BCUT2D eigenvalue weighted by molar-refractivity contribution is 6.00. The molecule has 3 heterocycles. The van der Waals surface area contributed by atoms with Gasteiger partial charge in [-0.1, -0.05) is 33.4 Å². The molecule has 3 fully saturated rings. The van der Waals surface area contributed by atoms with Crippen molar-refractivity contribution in [3.8, 4) is 0 Å². The van der Waals surface area contributed by atoms with Gasteiger partial charge in [0, 0.05) is 30.8 Å². The van der Waals surface area contributed by atoms with Crippen LogP contribution >= 0.6 is 0 Å². The average Bonchev–Trinajstić information content (AvgIpc) is 3.23. The largest absolute Gasteiger partial charge is 0.453 e.